The Bertz CT molecular complexity index is 576. The van der Waals surface area contributed by atoms with Gasteiger partial charge in [0, 0.05) is 22.3 Å². The average Bonchev–Trinajstić information content (AvgIpc) is 2.91. The van der Waals surface area contributed by atoms with Gasteiger partial charge < -0.3 is 9.88 Å². The smallest absolute Gasteiger partial charge is 0.125 e. The third kappa shape index (κ3) is 2.58. The molecule has 19 heavy (non-hydrogen) atoms. The molecule has 1 aromatic carbocycles. The summed E-state index contributed by atoms with van der Waals surface area (Å²) in [7, 11) is 0. The second-order valence-corrected chi connectivity index (χ2v) is 5.66. The molecule has 2 heterocycles. The molecule has 1 aliphatic rings. The summed E-state index contributed by atoms with van der Waals surface area (Å²) >= 11 is 3.48. The number of hydrogen-bond donors (Lipinski definition) is 1. The summed E-state index contributed by atoms with van der Waals surface area (Å²) in [5.74, 6) is 0.252. The van der Waals surface area contributed by atoms with Gasteiger partial charge in [-0.3, -0.25) is 0 Å². The molecular weight excluding hydrogens is 309 g/mol. The fourth-order valence-electron chi connectivity index (χ4n) is 2.60. The van der Waals surface area contributed by atoms with E-state index in [1.54, 1.807) is 12.4 Å². The lowest BCUT2D eigenvalue weighted by molar-refractivity contribution is 0.449. The maximum Gasteiger partial charge on any atom is 0.125 e. The number of benzene rings is 1. The number of rotatable bonds is 2. The number of imidazole rings is 1. The number of nitrogens with zero attached hydrogens (tertiary/aromatic N) is 2. The Balaban J connectivity index is 2.01. The van der Waals surface area contributed by atoms with Crippen LogP contribution in [0, 0.1) is 5.82 Å². The number of halogens is 2. The number of nitrogens with one attached hydrogen (secondary N) is 1. The van der Waals surface area contributed by atoms with E-state index < -0.39 is 0 Å². The largest absolute Gasteiger partial charge is 0.317 e. The van der Waals surface area contributed by atoms with Crippen molar-refractivity contribution in [2.24, 2.45) is 0 Å². The van der Waals surface area contributed by atoms with Gasteiger partial charge in [-0.05, 0) is 60.1 Å². The molecule has 100 valence electrons. The Morgan fingerprint density at radius 3 is 2.89 bits per heavy atom. The van der Waals surface area contributed by atoms with Crippen molar-refractivity contribution >= 4 is 15.9 Å². The molecule has 1 N–H and O–H groups in total. The highest BCUT2D eigenvalue weighted by Crippen LogP contribution is 2.30. The van der Waals surface area contributed by atoms with E-state index in [4.69, 9.17) is 0 Å². The number of aromatic nitrogens is 2. The first kappa shape index (κ1) is 12.8. The minimum Gasteiger partial charge on any atom is -0.317 e. The van der Waals surface area contributed by atoms with E-state index in [1.807, 2.05) is 10.8 Å². The van der Waals surface area contributed by atoms with Gasteiger partial charge in [-0.25, -0.2) is 9.37 Å². The molecule has 3 rings (SSSR count). The van der Waals surface area contributed by atoms with Gasteiger partial charge in [-0.2, -0.15) is 0 Å². The fourth-order valence-corrected chi connectivity index (χ4v) is 3.03. The summed E-state index contributed by atoms with van der Waals surface area (Å²) < 4.78 is 16.3. The highest BCUT2D eigenvalue weighted by Gasteiger charge is 2.20. The van der Waals surface area contributed by atoms with Crippen molar-refractivity contribution < 1.29 is 4.39 Å². The predicted molar refractivity (Wildman–Crippen MR) is 76.1 cm³/mol. The summed E-state index contributed by atoms with van der Waals surface area (Å²) in [5.41, 5.74) is 1.97. The zero-order valence-corrected chi connectivity index (χ0v) is 12.0. The van der Waals surface area contributed by atoms with Crippen LogP contribution in [0.25, 0.3) is 5.69 Å². The van der Waals surface area contributed by atoms with Crippen LogP contribution in [0.1, 0.15) is 24.5 Å². The first-order chi connectivity index (χ1) is 9.25. The van der Waals surface area contributed by atoms with Crippen LogP contribution >= 0.6 is 15.9 Å². The van der Waals surface area contributed by atoms with Crippen molar-refractivity contribution in [3.8, 4) is 5.69 Å². The molecule has 1 aromatic heterocycles. The van der Waals surface area contributed by atoms with Crippen molar-refractivity contribution in [3.05, 3.63) is 46.7 Å². The Hall–Kier alpha value is -1.20. The standard InChI is InChI=1S/C14H15BrFN3/c15-12-2-1-11(16)7-13(12)19-9-18-8-14(19)10-3-5-17-6-4-10/h1-2,7-10,17H,3-6H2. The Labute approximate surface area is 120 Å². The summed E-state index contributed by atoms with van der Waals surface area (Å²) in [6, 6.07) is 4.72. The number of hydrogen-bond acceptors (Lipinski definition) is 2. The molecule has 0 amide bonds. The van der Waals surface area contributed by atoms with E-state index >= 15 is 0 Å². The van der Waals surface area contributed by atoms with Gasteiger partial charge in [0.05, 0.1) is 12.0 Å². The van der Waals surface area contributed by atoms with Crippen LogP contribution in [0.3, 0.4) is 0 Å². The predicted octanol–water partition coefficient (Wildman–Crippen LogP) is 3.24. The van der Waals surface area contributed by atoms with Crippen LogP contribution in [-0.2, 0) is 0 Å². The highest BCUT2D eigenvalue weighted by molar-refractivity contribution is 9.10. The SMILES string of the molecule is Fc1ccc(Br)c(-n2cncc2C2CCNCC2)c1. The molecule has 0 bridgehead atoms. The van der Waals surface area contributed by atoms with Crippen molar-refractivity contribution in [1.29, 1.82) is 0 Å². The molecule has 5 heteroatoms. The Kier molecular flexibility index (Phi) is 3.66. The zero-order valence-electron chi connectivity index (χ0n) is 10.4. The van der Waals surface area contributed by atoms with E-state index in [0.29, 0.717) is 5.92 Å². The summed E-state index contributed by atoms with van der Waals surface area (Å²) in [5, 5.41) is 3.36. The molecule has 0 saturated carbocycles. The lowest BCUT2D eigenvalue weighted by Gasteiger charge is -2.24. The molecule has 0 radical (unpaired) electrons. The van der Waals surface area contributed by atoms with Crippen molar-refractivity contribution in [1.82, 2.24) is 14.9 Å². The lowest BCUT2D eigenvalue weighted by atomic mass is 9.95. The third-order valence-corrected chi connectivity index (χ3v) is 4.26. The highest BCUT2D eigenvalue weighted by atomic mass is 79.9. The van der Waals surface area contributed by atoms with Gasteiger partial charge in [0.1, 0.15) is 5.82 Å². The van der Waals surface area contributed by atoms with E-state index in [0.717, 1.165) is 41.8 Å². The molecule has 0 atom stereocenters. The van der Waals surface area contributed by atoms with Crippen molar-refractivity contribution in [3.63, 3.8) is 0 Å². The topological polar surface area (TPSA) is 29.9 Å². The van der Waals surface area contributed by atoms with Crippen LogP contribution < -0.4 is 5.32 Å². The second-order valence-electron chi connectivity index (χ2n) is 4.81. The molecule has 3 nitrogen and oxygen atoms in total. The summed E-state index contributed by atoms with van der Waals surface area (Å²) in [4.78, 5) is 4.24. The van der Waals surface area contributed by atoms with Crippen LogP contribution in [-0.4, -0.2) is 22.6 Å². The van der Waals surface area contributed by atoms with Gasteiger partial charge >= 0.3 is 0 Å². The minimum atomic E-state index is -0.233. The van der Waals surface area contributed by atoms with Crippen LogP contribution in [0.15, 0.2) is 35.2 Å². The van der Waals surface area contributed by atoms with Crippen LogP contribution in [0.2, 0.25) is 0 Å². The molecule has 1 saturated heterocycles. The minimum absolute atomic E-state index is 0.233. The maximum atomic E-state index is 13.4. The molecule has 1 aliphatic heterocycles. The van der Waals surface area contributed by atoms with Gasteiger partial charge in [-0.15, -0.1) is 0 Å². The first-order valence-corrected chi connectivity index (χ1v) is 7.23. The van der Waals surface area contributed by atoms with Gasteiger partial charge in [0.15, 0.2) is 0 Å². The van der Waals surface area contributed by atoms with Gasteiger partial charge in [0.2, 0.25) is 0 Å². The molecular formula is C14H15BrFN3. The zero-order chi connectivity index (χ0) is 13.2. The number of piperidine rings is 1. The molecule has 0 spiro atoms. The van der Waals surface area contributed by atoms with E-state index in [9.17, 15) is 4.39 Å². The fraction of sp³-hybridized carbons (Fsp3) is 0.357. The average molecular weight is 324 g/mol. The Morgan fingerprint density at radius 1 is 1.32 bits per heavy atom. The first-order valence-electron chi connectivity index (χ1n) is 6.44. The normalized spacial score (nSPS) is 16.7. The second kappa shape index (κ2) is 5.43. The molecule has 2 aromatic rings. The molecule has 0 unspecified atom stereocenters. The van der Waals surface area contributed by atoms with Gasteiger partial charge in [-0.1, -0.05) is 0 Å². The van der Waals surface area contributed by atoms with E-state index in [-0.39, 0.29) is 5.82 Å². The maximum absolute atomic E-state index is 13.4. The quantitative estimate of drug-likeness (QED) is 0.919. The van der Waals surface area contributed by atoms with E-state index in [1.165, 1.54) is 12.1 Å². The third-order valence-electron chi connectivity index (χ3n) is 3.59. The monoisotopic (exact) mass is 323 g/mol. The van der Waals surface area contributed by atoms with Crippen LogP contribution in [0.4, 0.5) is 4.39 Å². The van der Waals surface area contributed by atoms with E-state index in [2.05, 4.69) is 26.2 Å². The summed E-state index contributed by atoms with van der Waals surface area (Å²) in [6.45, 7) is 2.06. The van der Waals surface area contributed by atoms with Crippen molar-refractivity contribution in [2.45, 2.75) is 18.8 Å². The van der Waals surface area contributed by atoms with Crippen molar-refractivity contribution in [2.75, 3.05) is 13.1 Å². The van der Waals surface area contributed by atoms with Gasteiger partial charge in [0.25, 0.3) is 0 Å². The molecule has 1 fully saturated rings. The van der Waals surface area contributed by atoms with Crippen LogP contribution in [0.5, 0.6) is 0 Å². The summed E-state index contributed by atoms with van der Waals surface area (Å²) in [6.07, 6.45) is 5.85. The molecule has 0 aliphatic carbocycles. The lowest BCUT2D eigenvalue weighted by Crippen LogP contribution is -2.27. The Morgan fingerprint density at radius 2 is 2.11 bits per heavy atom.